The molecular formula is C11H12N2S. The molecule has 0 amide bonds. The fourth-order valence-corrected chi connectivity index (χ4v) is 3.19. The van der Waals surface area contributed by atoms with Gasteiger partial charge in [0.05, 0.1) is 0 Å². The van der Waals surface area contributed by atoms with Crippen molar-refractivity contribution >= 4 is 22.9 Å². The van der Waals surface area contributed by atoms with Crippen LogP contribution < -0.4 is 0 Å². The number of aromatic nitrogens is 1. The lowest BCUT2D eigenvalue weighted by molar-refractivity contribution is 0.562. The predicted octanol–water partition coefficient (Wildman–Crippen LogP) is 2.63. The first-order chi connectivity index (χ1) is 6.75. The summed E-state index contributed by atoms with van der Waals surface area (Å²) in [5.74, 6) is 0. The van der Waals surface area contributed by atoms with Gasteiger partial charge in [0.1, 0.15) is 0 Å². The first kappa shape index (κ1) is 8.38. The Hall–Kier alpha value is -0.930. The van der Waals surface area contributed by atoms with Crippen LogP contribution in [0.5, 0.6) is 0 Å². The molecule has 0 saturated heterocycles. The van der Waals surface area contributed by atoms with Crippen LogP contribution in [0.25, 0.3) is 10.9 Å². The van der Waals surface area contributed by atoms with E-state index >= 15 is 0 Å². The highest BCUT2D eigenvalue weighted by Crippen LogP contribution is 2.38. The standard InChI is InChI=1S/C11H12N2S/c1-12-7-10-11-8(6-13(2)14-10)4-3-5-9(11)12/h3-5,7H,6H2,1-2H3. The fraction of sp³-hybridized carbons (Fsp3) is 0.273. The molecule has 2 aromatic rings. The number of aryl methyl sites for hydroxylation is 1. The van der Waals surface area contributed by atoms with E-state index in [9.17, 15) is 0 Å². The smallest absolute Gasteiger partial charge is 0.0493 e. The van der Waals surface area contributed by atoms with Crippen molar-refractivity contribution in [3.63, 3.8) is 0 Å². The average Bonchev–Trinajstić information content (AvgIpc) is 2.45. The SMILES string of the molecule is CN1Cc2cccc3c2c(cn3C)S1. The monoisotopic (exact) mass is 204 g/mol. The van der Waals surface area contributed by atoms with Crippen LogP contribution in [0.4, 0.5) is 0 Å². The summed E-state index contributed by atoms with van der Waals surface area (Å²) in [6.45, 7) is 1.04. The van der Waals surface area contributed by atoms with Gasteiger partial charge in [-0.3, -0.25) is 0 Å². The number of nitrogens with zero attached hydrogens (tertiary/aromatic N) is 2. The molecular weight excluding hydrogens is 192 g/mol. The van der Waals surface area contributed by atoms with Gasteiger partial charge in [0.25, 0.3) is 0 Å². The van der Waals surface area contributed by atoms with E-state index in [2.05, 4.69) is 47.4 Å². The van der Waals surface area contributed by atoms with E-state index < -0.39 is 0 Å². The summed E-state index contributed by atoms with van der Waals surface area (Å²) in [5.41, 5.74) is 2.79. The molecule has 0 radical (unpaired) electrons. The summed E-state index contributed by atoms with van der Waals surface area (Å²) in [6, 6.07) is 6.56. The summed E-state index contributed by atoms with van der Waals surface area (Å²) in [7, 11) is 4.25. The zero-order valence-corrected chi connectivity index (χ0v) is 9.14. The largest absolute Gasteiger partial charge is 0.349 e. The van der Waals surface area contributed by atoms with Crippen LogP contribution in [0.15, 0.2) is 29.3 Å². The summed E-state index contributed by atoms with van der Waals surface area (Å²) >= 11 is 1.84. The Balaban J connectivity index is 2.41. The highest BCUT2D eigenvalue weighted by molar-refractivity contribution is 7.97. The van der Waals surface area contributed by atoms with E-state index in [1.165, 1.54) is 21.4 Å². The van der Waals surface area contributed by atoms with Crippen molar-refractivity contribution < 1.29 is 0 Å². The van der Waals surface area contributed by atoms with Gasteiger partial charge in [-0.1, -0.05) is 12.1 Å². The van der Waals surface area contributed by atoms with Gasteiger partial charge < -0.3 is 4.57 Å². The molecule has 0 spiro atoms. The number of hydrogen-bond acceptors (Lipinski definition) is 2. The lowest BCUT2D eigenvalue weighted by atomic mass is 10.1. The molecule has 72 valence electrons. The molecule has 2 heterocycles. The second-order valence-electron chi connectivity index (χ2n) is 3.79. The van der Waals surface area contributed by atoms with Crippen molar-refractivity contribution in [1.29, 1.82) is 0 Å². The van der Waals surface area contributed by atoms with Crippen molar-refractivity contribution in [2.75, 3.05) is 7.05 Å². The zero-order chi connectivity index (χ0) is 9.71. The van der Waals surface area contributed by atoms with Crippen LogP contribution in [0.3, 0.4) is 0 Å². The minimum atomic E-state index is 1.04. The molecule has 0 fully saturated rings. The molecule has 0 bridgehead atoms. The van der Waals surface area contributed by atoms with Crippen molar-refractivity contribution in [3.8, 4) is 0 Å². The van der Waals surface area contributed by atoms with Crippen molar-refractivity contribution in [2.24, 2.45) is 7.05 Å². The second kappa shape index (κ2) is 2.78. The van der Waals surface area contributed by atoms with Gasteiger partial charge >= 0.3 is 0 Å². The van der Waals surface area contributed by atoms with Crippen LogP contribution in [-0.2, 0) is 13.6 Å². The molecule has 1 aromatic carbocycles. The van der Waals surface area contributed by atoms with Crippen LogP contribution in [0.2, 0.25) is 0 Å². The van der Waals surface area contributed by atoms with Crippen molar-refractivity contribution in [2.45, 2.75) is 11.4 Å². The predicted molar refractivity (Wildman–Crippen MR) is 60.2 cm³/mol. The van der Waals surface area contributed by atoms with Gasteiger partial charge in [0.2, 0.25) is 0 Å². The van der Waals surface area contributed by atoms with Gasteiger partial charge in [-0.25, -0.2) is 4.31 Å². The third kappa shape index (κ3) is 1.03. The molecule has 3 rings (SSSR count). The molecule has 14 heavy (non-hydrogen) atoms. The van der Waals surface area contributed by atoms with Crippen molar-refractivity contribution in [3.05, 3.63) is 30.0 Å². The molecule has 0 unspecified atom stereocenters. The minimum absolute atomic E-state index is 1.04. The Morgan fingerprint density at radius 2 is 2.14 bits per heavy atom. The highest BCUT2D eigenvalue weighted by atomic mass is 32.2. The third-order valence-corrected chi connectivity index (χ3v) is 3.66. The molecule has 0 aliphatic carbocycles. The Morgan fingerprint density at radius 3 is 3.00 bits per heavy atom. The van der Waals surface area contributed by atoms with Gasteiger partial charge in [-0.2, -0.15) is 0 Å². The minimum Gasteiger partial charge on any atom is -0.349 e. The molecule has 1 aliphatic rings. The Bertz CT molecular complexity index is 501. The molecule has 1 aliphatic heterocycles. The van der Waals surface area contributed by atoms with E-state index in [1.54, 1.807) is 0 Å². The maximum atomic E-state index is 2.27. The van der Waals surface area contributed by atoms with Gasteiger partial charge in [0, 0.05) is 35.6 Å². The van der Waals surface area contributed by atoms with E-state index in [4.69, 9.17) is 0 Å². The van der Waals surface area contributed by atoms with E-state index in [-0.39, 0.29) is 0 Å². The number of rotatable bonds is 0. The molecule has 2 nitrogen and oxygen atoms in total. The summed E-state index contributed by atoms with van der Waals surface area (Å²) in [5, 5.41) is 1.44. The average molecular weight is 204 g/mol. The Morgan fingerprint density at radius 1 is 1.29 bits per heavy atom. The fourth-order valence-electron chi connectivity index (χ4n) is 2.12. The topological polar surface area (TPSA) is 8.17 Å². The molecule has 0 N–H and O–H groups in total. The van der Waals surface area contributed by atoms with Crippen LogP contribution >= 0.6 is 11.9 Å². The molecule has 1 aromatic heterocycles. The highest BCUT2D eigenvalue weighted by Gasteiger charge is 2.18. The molecule has 0 saturated carbocycles. The lowest BCUT2D eigenvalue weighted by Crippen LogP contribution is -2.11. The first-order valence-electron chi connectivity index (χ1n) is 4.72. The maximum absolute atomic E-state index is 2.27. The summed E-state index contributed by atoms with van der Waals surface area (Å²) < 4.78 is 4.48. The Labute approximate surface area is 87.6 Å². The van der Waals surface area contributed by atoms with Crippen LogP contribution in [-0.4, -0.2) is 15.9 Å². The van der Waals surface area contributed by atoms with E-state index in [0.717, 1.165) is 6.54 Å². The zero-order valence-electron chi connectivity index (χ0n) is 8.32. The quantitative estimate of drug-likeness (QED) is 0.610. The van der Waals surface area contributed by atoms with E-state index in [0.29, 0.717) is 0 Å². The van der Waals surface area contributed by atoms with Gasteiger partial charge in [-0.15, -0.1) is 0 Å². The number of benzene rings is 1. The van der Waals surface area contributed by atoms with Crippen LogP contribution in [0.1, 0.15) is 5.56 Å². The summed E-state index contributed by atoms with van der Waals surface area (Å²) in [4.78, 5) is 1.38. The molecule has 0 atom stereocenters. The van der Waals surface area contributed by atoms with Crippen LogP contribution in [0, 0.1) is 0 Å². The first-order valence-corrected chi connectivity index (χ1v) is 5.49. The number of hydrogen-bond donors (Lipinski definition) is 0. The second-order valence-corrected chi connectivity index (χ2v) is 5.04. The van der Waals surface area contributed by atoms with Crippen molar-refractivity contribution in [1.82, 2.24) is 8.87 Å². The Kier molecular flexibility index (Phi) is 1.66. The maximum Gasteiger partial charge on any atom is 0.0493 e. The third-order valence-electron chi connectivity index (χ3n) is 2.71. The lowest BCUT2D eigenvalue weighted by Gasteiger charge is -2.20. The summed E-state index contributed by atoms with van der Waals surface area (Å²) in [6.07, 6.45) is 2.22. The molecule has 3 heteroatoms. The van der Waals surface area contributed by atoms with Gasteiger partial charge in [0.15, 0.2) is 0 Å². The van der Waals surface area contributed by atoms with Gasteiger partial charge in [-0.05, 0) is 30.6 Å². The normalized spacial score (nSPS) is 16.4. The van der Waals surface area contributed by atoms with E-state index in [1.807, 2.05) is 11.9 Å².